The van der Waals surface area contributed by atoms with Crippen molar-refractivity contribution >= 4 is 170 Å². The summed E-state index contributed by atoms with van der Waals surface area (Å²) in [6.07, 6.45) is 0. The monoisotopic (exact) mass is 1530 g/mol. The smallest absolute Gasteiger partial charge is 0.0541 e. The van der Waals surface area contributed by atoms with E-state index in [1.165, 1.54) is 202 Å². The molecule has 6 heteroatoms. The molecule has 0 saturated heterocycles. The van der Waals surface area contributed by atoms with Crippen molar-refractivity contribution < 1.29 is 0 Å². The lowest BCUT2D eigenvalue weighted by molar-refractivity contribution is 1.01. The van der Waals surface area contributed by atoms with Crippen LogP contribution in [0.1, 0.15) is 27.8 Å². The summed E-state index contributed by atoms with van der Waals surface area (Å²) in [5, 5.41) is 16.3. The summed E-state index contributed by atoms with van der Waals surface area (Å²) < 4.78 is 15.5. The molecule has 0 atom stereocenters. The van der Waals surface area contributed by atoms with Gasteiger partial charge in [0, 0.05) is 126 Å². The number of hydrogen-bond acceptors (Lipinski definition) is 4. The van der Waals surface area contributed by atoms with E-state index in [1.807, 2.05) is 45.3 Å². The number of aromatic nitrogens is 2. The van der Waals surface area contributed by atoms with Crippen molar-refractivity contribution in [3.63, 3.8) is 0 Å². The molecule has 0 unspecified atom stereocenters. The Labute approximate surface area is 681 Å². The van der Waals surface area contributed by atoms with Gasteiger partial charge in [0.1, 0.15) is 0 Å². The molecule has 17 aromatic carbocycles. The second-order valence-corrected chi connectivity index (χ2v) is 33.7. The zero-order valence-corrected chi connectivity index (χ0v) is 67.7. The Balaban J connectivity index is 0.0000000954. The van der Waals surface area contributed by atoms with Gasteiger partial charge in [-0.3, -0.25) is 0 Å². The number of rotatable bonds is 5. The average Bonchev–Trinajstić information content (AvgIpc) is 1.60. The Bertz CT molecular complexity index is 7370. The zero-order valence-electron chi connectivity index (χ0n) is 64.5. The lowest BCUT2D eigenvalue weighted by Crippen LogP contribution is -1.92. The maximum absolute atomic E-state index is 2.34. The first kappa shape index (κ1) is 72.7. The molecule has 23 rings (SSSR count). The number of hydrogen-bond donors (Lipinski definition) is 0. The predicted molar refractivity (Wildman–Crippen MR) is 504 cm³/mol. The molecular weight excluding hydrogens is 1450 g/mol. The van der Waals surface area contributed by atoms with Crippen LogP contribution in [0, 0.1) is 34.6 Å². The number of thiophene rings is 4. The molecule has 0 amide bonds. The molecule has 23 aromatic rings. The van der Waals surface area contributed by atoms with E-state index in [9.17, 15) is 0 Å². The molecule has 0 aliphatic rings. The summed E-state index contributed by atoms with van der Waals surface area (Å²) in [6, 6.07) is 139. The van der Waals surface area contributed by atoms with Gasteiger partial charge in [0.15, 0.2) is 0 Å². The van der Waals surface area contributed by atoms with Gasteiger partial charge in [0.25, 0.3) is 0 Å². The minimum atomic E-state index is 1.21. The highest BCUT2D eigenvalue weighted by molar-refractivity contribution is 7.27. The normalized spacial score (nSPS) is 11.2. The Morgan fingerprint density at radius 1 is 0.193 bits per heavy atom. The molecule has 114 heavy (non-hydrogen) atoms. The Kier molecular flexibility index (Phi) is 20.5. The Morgan fingerprint density at radius 3 is 1.11 bits per heavy atom. The van der Waals surface area contributed by atoms with Crippen LogP contribution in [0.2, 0.25) is 0 Å². The lowest BCUT2D eigenvalue weighted by atomic mass is 9.96. The van der Waals surface area contributed by atoms with E-state index in [0.29, 0.717) is 0 Å². The van der Waals surface area contributed by atoms with Crippen molar-refractivity contribution in [3.05, 3.63) is 416 Å². The first-order chi connectivity index (χ1) is 56.0. The van der Waals surface area contributed by atoms with Crippen LogP contribution in [0.4, 0.5) is 0 Å². The van der Waals surface area contributed by atoms with Gasteiger partial charge < -0.3 is 9.13 Å². The van der Waals surface area contributed by atoms with Gasteiger partial charge in [-0.25, -0.2) is 0 Å². The van der Waals surface area contributed by atoms with E-state index in [0.717, 1.165) is 0 Å². The molecule has 0 aliphatic carbocycles. The van der Waals surface area contributed by atoms with Crippen LogP contribution in [0.15, 0.2) is 388 Å². The third-order valence-electron chi connectivity index (χ3n) is 21.8. The standard InChI is InChI=1S/C19H15N.4C19H14S.C13H11N/c1-14-11-12-19-17(13-14)16-9-5-6-10-18(16)20(19)15-7-3-2-4-8-15;1-13-6-4-7-14(12-13)15-9-5-11-18-19(15)16-8-2-3-10-17(16)20-18;1-13-7-2-3-8-14(13)15-10-6-12-18-19(15)16-9-4-5-11-17(16)20-18;1-13-9-11-14(12-10-13)15-6-4-8-18-19(15)16-5-2-3-7-17(16)20-18;1-13-6-8-14(9-7-13)15-10-11-17-16-4-2-3-5-18(16)20-19(17)12-15;1-14-12-8-4-2-6-10(12)11-7-3-5-9-13(11)14/h2-13H,1H3;4*2-12H,1H3;2-9H,1H3. The SMILES string of the molecule is Cc1ccc(-c2ccc3c(c2)sc2ccccc23)cc1.Cc1ccc(-c2cccc3sc4ccccc4c23)cc1.Cc1ccc2c(c1)c1ccccc1n2-c1ccccc1.Cc1cccc(-c2cccc3sc4ccccc4c23)c1.Cc1ccccc1-c1cccc2sc3ccccc3c12.Cn1c2ccccc2c2ccccc21. The van der Waals surface area contributed by atoms with Gasteiger partial charge in [-0.2, -0.15) is 0 Å². The molecule has 6 heterocycles. The number of benzene rings is 17. The van der Waals surface area contributed by atoms with Crippen LogP contribution in [-0.2, 0) is 7.05 Å². The highest BCUT2D eigenvalue weighted by Crippen LogP contribution is 2.45. The fourth-order valence-corrected chi connectivity index (χ4v) is 20.7. The van der Waals surface area contributed by atoms with E-state index in [4.69, 9.17) is 0 Å². The van der Waals surface area contributed by atoms with Crippen molar-refractivity contribution in [1.29, 1.82) is 0 Å². The number of para-hydroxylation sites is 4. The topological polar surface area (TPSA) is 9.86 Å². The van der Waals surface area contributed by atoms with Crippen LogP contribution >= 0.6 is 45.3 Å². The summed E-state index contributed by atoms with van der Waals surface area (Å²) in [4.78, 5) is 0. The van der Waals surface area contributed by atoms with E-state index in [2.05, 4.69) is 439 Å². The predicted octanol–water partition coefficient (Wildman–Crippen LogP) is 32.5. The van der Waals surface area contributed by atoms with Gasteiger partial charge >= 0.3 is 0 Å². The first-order valence-corrected chi connectivity index (χ1v) is 42.2. The van der Waals surface area contributed by atoms with E-state index in [-0.39, 0.29) is 0 Å². The number of aryl methyl sites for hydroxylation is 6. The molecule has 0 spiro atoms. The van der Waals surface area contributed by atoms with Crippen LogP contribution < -0.4 is 0 Å². The molecule has 0 fully saturated rings. The van der Waals surface area contributed by atoms with Crippen LogP contribution in [0.5, 0.6) is 0 Å². The Morgan fingerprint density at radius 2 is 0.561 bits per heavy atom. The molecule has 0 aliphatic heterocycles. The lowest BCUT2D eigenvalue weighted by Gasteiger charge is -2.07. The van der Waals surface area contributed by atoms with E-state index >= 15 is 0 Å². The maximum Gasteiger partial charge on any atom is 0.0541 e. The molecule has 6 aromatic heterocycles. The Hall–Kier alpha value is -12.8. The number of nitrogens with zero attached hydrogens (tertiary/aromatic N) is 2. The van der Waals surface area contributed by atoms with Gasteiger partial charge in [-0.1, -0.05) is 320 Å². The summed E-state index contributed by atoms with van der Waals surface area (Å²) in [5.41, 5.74) is 23.4. The van der Waals surface area contributed by atoms with E-state index in [1.54, 1.807) is 0 Å². The molecule has 548 valence electrons. The van der Waals surface area contributed by atoms with Crippen molar-refractivity contribution in [1.82, 2.24) is 9.13 Å². The summed E-state index contributed by atoms with van der Waals surface area (Å²) in [5.74, 6) is 0. The van der Waals surface area contributed by atoms with Crippen LogP contribution in [-0.4, -0.2) is 9.13 Å². The van der Waals surface area contributed by atoms with Gasteiger partial charge in [-0.05, 0) is 176 Å². The number of fused-ring (bicyclic) bond motifs is 18. The maximum atomic E-state index is 2.34. The van der Waals surface area contributed by atoms with E-state index < -0.39 is 0 Å². The fourth-order valence-electron chi connectivity index (χ4n) is 16.2. The fraction of sp³-hybridized carbons (Fsp3) is 0.0556. The van der Waals surface area contributed by atoms with Crippen molar-refractivity contribution in [2.45, 2.75) is 34.6 Å². The second kappa shape index (κ2) is 32.1. The molecule has 0 saturated carbocycles. The van der Waals surface area contributed by atoms with Gasteiger partial charge in [0.05, 0.1) is 11.0 Å². The minimum absolute atomic E-state index is 1.21. The van der Waals surface area contributed by atoms with Crippen molar-refractivity contribution in [2.75, 3.05) is 0 Å². The molecular formula is C108H82N2S4. The first-order valence-electron chi connectivity index (χ1n) is 38.9. The zero-order chi connectivity index (χ0) is 77.2. The summed E-state index contributed by atoms with van der Waals surface area (Å²) >= 11 is 7.50. The average molecular weight is 1540 g/mol. The van der Waals surface area contributed by atoms with Gasteiger partial charge in [0.2, 0.25) is 0 Å². The largest absolute Gasteiger partial charge is 0.344 e. The third kappa shape index (κ3) is 14.5. The molecule has 0 bridgehead atoms. The summed E-state index contributed by atoms with van der Waals surface area (Å²) in [7, 11) is 2.12. The third-order valence-corrected chi connectivity index (χ3v) is 26.3. The second-order valence-electron chi connectivity index (χ2n) is 29.4. The van der Waals surface area contributed by atoms with Crippen LogP contribution in [0.25, 0.3) is 174 Å². The van der Waals surface area contributed by atoms with Gasteiger partial charge in [-0.15, -0.1) is 45.3 Å². The highest BCUT2D eigenvalue weighted by atomic mass is 32.1. The summed E-state index contributed by atoms with van der Waals surface area (Å²) in [6.45, 7) is 10.7. The molecule has 0 N–H and O–H groups in total. The minimum Gasteiger partial charge on any atom is -0.344 e. The van der Waals surface area contributed by atoms with Crippen molar-refractivity contribution in [3.8, 4) is 50.2 Å². The van der Waals surface area contributed by atoms with Crippen LogP contribution in [0.3, 0.4) is 0 Å². The molecule has 0 radical (unpaired) electrons. The quantitative estimate of drug-likeness (QED) is 0.163. The highest BCUT2D eigenvalue weighted by Gasteiger charge is 2.17. The molecule has 2 nitrogen and oxygen atoms in total. The van der Waals surface area contributed by atoms with Crippen molar-refractivity contribution in [2.24, 2.45) is 7.05 Å².